The van der Waals surface area contributed by atoms with Crippen molar-refractivity contribution in [3.8, 4) is 6.07 Å². The van der Waals surface area contributed by atoms with Crippen molar-refractivity contribution in [2.24, 2.45) is 0 Å². The van der Waals surface area contributed by atoms with Gasteiger partial charge in [0.25, 0.3) is 11.8 Å². The second kappa shape index (κ2) is 5.35. The molecule has 0 saturated carbocycles. The maximum atomic E-state index is 12.8. The molecule has 0 aliphatic carbocycles. The van der Waals surface area contributed by atoms with Crippen LogP contribution in [-0.4, -0.2) is 11.8 Å². The number of amides is 2. The maximum absolute atomic E-state index is 12.8. The summed E-state index contributed by atoms with van der Waals surface area (Å²) in [4.78, 5) is 25.5. The van der Waals surface area contributed by atoms with Gasteiger partial charge in [0.1, 0.15) is 6.07 Å². The minimum Gasteiger partial charge on any atom is -0.268 e. The standard InChI is InChI=1S/C16H6ClF3N2O2/c17-12-6-9(16(18,19)20)5-8(7-21)13(12)22-14(23)10-3-1-2-4-11(10)15(22)24/h1-6H. The Bertz CT molecular complexity index is 897. The van der Waals surface area contributed by atoms with Crippen molar-refractivity contribution in [2.75, 3.05) is 4.90 Å². The van der Waals surface area contributed by atoms with Crippen LogP contribution in [-0.2, 0) is 6.18 Å². The third-order valence-corrected chi connectivity index (χ3v) is 3.82. The lowest BCUT2D eigenvalue weighted by atomic mass is 10.1. The first-order valence-electron chi connectivity index (χ1n) is 6.54. The fourth-order valence-corrected chi connectivity index (χ4v) is 2.77. The molecule has 1 heterocycles. The first-order chi connectivity index (χ1) is 11.3. The van der Waals surface area contributed by atoms with Gasteiger partial charge in [-0.3, -0.25) is 9.59 Å². The zero-order chi connectivity index (χ0) is 17.6. The second-order valence-corrected chi connectivity index (χ2v) is 5.36. The largest absolute Gasteiger partial charge is 0.416 e. The molecule has 4 nitrogen and oxygen atoms in total. The molecule has 0 spiro atoms. The Hall–Kier alpha value is -2.85. The molecule has 0 unspecified atom stereocenters. The van der Waals surface area contributed by atoms with Gasteiger partial charge in [-0.15, -0.1) is 0 Å². The predicted octanol–water partition coefficient (Wildman–Crippen LogP) is 4.03. The Balaban J connectivity index is 2.20. The van der Waals surface area contributed by atoms with Gasteiger partial charge in [0, 0.05) is 0 Å². The quantitative estimate of drug-likeness (QED) is 0.729. The molecular formula is C16H6ClF3N2O2. The van der Waals surface area contributed by atoms with Gasteiger partial charge in [-0.1, -0.05) is 23.7 Å². The number of carbonyl (C=O) groups excluding carboxylic acids is 2. The Labute approximate surface area is 138 Å². The van der Waals surface area contributed by atoms with E-state index in [1.54, 1.807) is 18.2 Å². The molecule has 0 atom stereocenters. The average Bonchev–Trinajstić information content (AvgIpc) is 2.78. The molecule has 0 fully saturated rings. The molecule has 2 amide bonds. The Morgan fingerprint density at radius 1 is 1.04 bits per heavy atom. The maximum Gasteiger partial charge on any atom is 0.416 e. The Kier molecular flexibility index (Phi) is 3.57. The van der Waals surface area contributed by atoms with Crippen molar-refractivity contribution in [1.29, 1.82) is 5.26 Å². The van der Waals surface area contributed by atoms with Crippen LogP contribution >= 0.6 is 11.6 Å². The summed E-state index contributed by atoms with van der Waals surface area (Å²) in [5.74, 6) is -1.48. The summed E-state index contributed by atoms with van der Waals surface area (Å²) >= 11 is 5.88. The van der Waals surface area contributed by atoms with Crippen molar-refractivity contribution in [3.05, 3.63) is 63.7 Å². The third-order valence-electron chi connectivity index (χ3n) is 3.53. The summed E-state index contributed by atoms with van der Waals surface area (Å²) < 4.78 is 38.5. The van der Waals surface area contributed by atoms with E-state index in [1.165, 1.54) is 12.1 Å². The number of alkyl halides is 3. The molecule has 1 aliphatic rings. The minimum atomic E-state index is -4.71. The van der Waals surface area contributed by atoms with Gasteiger partial charge >= 0.3 is 6.18 Å². The number of benzene rings is 2. The lowest BCUT2D eigenvalue weighted by molar-refractivity contribution is -0.137. The van der Waals surface area contributed by atoms with Crippen molar-refractivity contribution in [1.82, 2.24) is 0 Å². The number of nitriles is 1. The van der Waals surface area contributed by atoms with Gasteiger partial charge in [0.15, 0.2) is 0 Å². The summed E-state index contributed by atoms with van der Waals surface area (Å²) in [6.45, 7) is 0. The number of fused-ring (bicyclic) bond motifs is 1. The normalized spacial score (nSPS) is 13.9. The lowest BCUT2D eigenvalue weighted by Crippen LogP contribution is -2.30. The summed E-state index contributed by atoms with van der Waals surface area (Å²) in [7, 11) is 0. The van der Waals surface area contributed by atoms with Crippen LogP contribution in [0.5, 0.6) is 0 Å². The van der Waals surface area contributed by atoms with Gasteiger partial charge in [-0.25, -0.2) is 4.90 Å². The highest BCUT2D eigenvalue weighted by Gasteiger charge is 2.40. The average molecular weight is 351 g/mol. The van der Waals surface area contributed by atoms with Crippen LogP contribution in [0.3, 0.4) is 0 Å². The number of hydrogen-bond donors (Lipinski definition) is 0. The SMILES string of the molecule is N#Cc1cc(C(F)(F)F)cc(Cl)c1N1C(=O)c2ccccc2C1=O. The highest BCUT2D eigenvalue weighted by Crippen LogP contribution is 2.40. The van der Waals surface area contributed by atoms with Crippen LogP contribution in [0, 0.1) is 11.3 Å². The van der Waals surface area contributed by atoms with Gasteiger partial charge in [0.2, 0.25) is 0 Å². The molecule has 0 N–H and O–H groups in total. The van der Waals surface area contributed by atoms with E-state index in [4.69, 9.17) is 16.9 Å². The van der Waals surface area contributed by atoms with E-state index >= 15 is 0 Å². The van der Waals surface area contributed by atoms with E-state index in [9.17, 15) is 22.8 Å². The highest BCUT2D eigenvalue weighted by molar-refractivity contribution is 6.40. The first-order valence-corrected chi connectivity index (χ1v) is 6.92. The second-order valence-electron chi connectivity index (χ2n) is 4.96. The molecule has 3 rings (SSSR count). The van der Waals surface area contributed by atoms with E-state index in [0.717, 1.165) is 0 Å². The van der Waals surface area contributed by atoms with Gasteiger partial charge in [-0.05, 0) is 24.3 Å². The fourth-order valence-electron chi connectivity index (χ4n) is 2.47. The van der Waals surface area contributed by atoms with Gasteiger partial charge < -0.3 is 0 Å². The molecule has 1 aliphatic heterocycles. The summed E-state index contributed by atoms with van der Waals surface area (Å²) in [6, 6.07) is 8.64. The van der Waals surface area contributed by atoms with Crippen molar-refractivity contribution >= 4 is 29.1 Å². The summed E-state index contributed by atoms with van der Waals surface area (Å²) in [5, 5.41) is 8.65. The van der Waals surface area contributed by atoms with Crippen molar-refractivity contribution in [2.45, 2.75) is 6.18 Å². The van der Waals surface area contributed by atoms with Crippen LogP contribution < -0.4 is 4.90 Å². The number of anilines is 1. The smallest absolute Gasteiger partial charge is 0.268 e. The molecule has 2 aromatic carbocycles. The zero-order valence-electron chi connectivity index (χ0n) is 11.7. The van der Waals surface area contributed by atoms with Gasteiger partial charge in [0.05, 0.1) is 33.0 Å². The van der Waals surface area contributed by atoms with Crippen LogP contribution in [0.15, 0.2) is 36.4 Å². The monoisotopic (exact) mass is 350 g/mol. The summed E-state index contributed by atoms with van der Waals surface area (Å²) in [6.07, 6.45) is -4.71. The van der Waals surface area contributed by atoms with E-state index in [-0.39, 0.29) is 16.8 Å². The van der Waals surface area contributed by atoms with Crippen LogP contribution in [0.1, 0.15) is 31.8 Å². The zero-order valence-corrected chi connectivity index (χ0v) is 12.4. The minimum absolute atomic E-state index is 0.0994. The number of carbonyl (C=O) groups is 2. The lowest BCUT2D eigenvalue weighted by Gasteiger charge is -2.18. The van der Waals surface area contributed by atoms with Crippen LogP contribution in [0.4, 0.5) is 18.9 Å². The van der Waals surface area contributed by atoms with Crippen molar-refractivity contribution < 1.29 is 22.8 Å². The van der Waals surface area contributed by atoms with E-state index in [2.05, 4.69) is 0 Å². The molecule has 0 saturated heterocycles. The third kappa shape index (κ3) is 2.32. The number of imide groups is 1. The number of hydrogen-bond acceptors (Lipinski definition) is 3. The highest BCUT2D eigenvalue weighted by atomic mass is 35.5. The van der Waals surface area contributed by atoms with Crippen LogP contribution in [0.25, 0.3) is 0 Å². The molecule has 24 heavy (non-hydrogen) atoms. The first kappa shape index (κ1) is 16.0. The molecular weight excluding hydrogens is 345 g/mol. The van der Waals surface area contributed by atoms with E-state index in [0.29, 0.717) is 17.0 Å². The Morgan fingerprint density at radius 3 is 2.04 bits per heavy atom. The van der Waals surface area contributed by atoms with Gasteiger partial charge in [-0.2, -0.15) is 18.4 Å². The molecule has 2 aromatic rings. The molecule has 0 aromatic heterocycles. The van der Waals surface area contributed by atoms with E-state index in [1.807, 2.05) is 0 Å². The summed E-state index contributed by atoms with van der Waals surface area (Å²) in [5.41, 5.74) is -1.79. The number of rotatable bonds is 1. The molecule has 0 radical (unpaired) electrons. The molecule has 120 valence electrons. The fraction of sp³-hybridized carbons (Fsp3) is 0.0625. The van der Waals surface area contributed by atoms with Crippen molar-refractivity contribution in [3.63, 3.8) is 0 Å². The van der Waals surface area contributed by atoms with Crippen LogP contribution in [0.2, 0.25) is 5.02 Å². The molecule has 8 heteroatoms. The molecule has 0 bridgehead atoms. The van der Waals surface area contributed by atoms with E-state index < -0.39 is 34.1 Å². The topological polar surface area (TPSA) is 61.2 Å². The number of halogens is 4. The Morgan fingerprint density at radius 2 is 1.58 bits per heavy atom. The predicted molar refractivity (Wildman–Crippen MR) is 78.8 cm³/mol. The number of nitrogens with zero attached hydrogens (tertiary/aromatic N) is 2.